The van der Waals surface area contributed by atoms with E-state index < -0.39 is 0 Å². The van der Waals surface area contributed by atoms with Crippen LogP contribution >= 0.6 is 0 Å². The Morgan fingerprint density at radius 2 is 1.28 bits per heavy atom. The summed E-state index contributed by atoms with van der Waals surface area (Å²) >= 11 is 0. The van der Waals surface area contributed by atoms with Crippen molar-refractivity contribution in [1.82, 2.24) is 0 Å². The van der Waals surface area contributed by atoms with E-state index >= 15 is 0 Å². The number of carbonyl (C=O) groups is 2. The maximum absolute atomic E-state index is 12.4. The largest absolute Gasteiger partial charge is 0.508 e. The second kappa shape index (κ2) is 9.71. The molecule has 32 heavy (non-hydrogen) atoms. The summed E-state index contributed by atoms with van der Waals surface area (Å²) in [5.74, 6) is -0.356. The van der Waals surface area contributed by atoms with Crippen LogP contribution in [0.2, 0.25) is 0 Å². The Kier molecular flexibility index (Phi) is 6.38. The van der Waals surface area contributed by atoms with Crippen LogP contribution in [0.3, 0.4) is 0 Å². The van der Waals surface area contributed by atoms with Gasteiger partial charge in [-0.05, 0) is 57.3 Å². The highest BCUT2D eigenvalue weighted by molar-refractivity contribution is 6.11. The molecule has 0 aliphatic rings. The molecule has 0 aliphatic carbocycles. The van der Waals surface area contributed by atoms with Crippen molar-refractivity contribution in [3.8, 4) is 16.9 Å². The number of phenols is 1. The fourth-order valence-corrected chi connectivity index (χ4v) is 3.59. The molecule has 0 saturated heterocycles. The van der Waals surface area contributed by atoms with E-state index in [4.69, 9.17) is 0 Å². The van der Waals surface area contributed by atoms with Gasteiger partial charge < -0.3 is 5.11 Å². The van der Waals surface area contributed by atoms with Gasteiger partial charge in [-0.3, -0.25) is 9.59 Å². The number of ketones is 2. The minimum atomic E-state index is -0.268. The highest BCUT2D eigenvalue weighted by Crippen LogP contribution is 2.31. The fourth-order valence-electron chi connectivity index (χ4n) is 3.59. The molecule has 4 rings (SSSR count). The van der Waals surface area contributed by atoms with Gasteiger partial charge in [-0.15, -0.1) is 0 Å². The Morgan fingerprint density at radius 3 is 2.09 bits per heavy atom. The van der Waals surface area contributed by atoms with Crippen molar-refractivity contribution in [2.24, 2.45) is 0 Å². The molecule has 0 aliphatic heterocycles. The predicted molar refractivity (Wildman–Crippen MR) is 130 cm³/mol. The molecule has 4 aromatic carbocycles. The molecule has 3 nitrogen and oxygen atoms in total. The molecule has 0 bridgehead atoms. The highest BCUT2D eigenvalue weighted by atomic mass is 16.3. The van der Waals surface area contributed by atoms with Gasteiger partial charge in [0.05, 0.1) is 6.42 Å². The maximum atomic E-state index is 12.4. The van der Waals surface area contributed by atoms with Gasteiger partial charge in [-0.2, -0.15) is 0 Å². The van der Waals surface area contributed by atoms with Gasteiger partial charge in [0, 0.05) is 0 Å². The number of hydrogen-bond acceptors (Lipinski definition) is 3. The third-order valence-corrected chi connectivity index (χ3v) is 5.19. The van der Waals surface area contributed by atoms with Crippen LogP contribution in [0.1, 0.15) is 17.5 Å². The molecule has 4 aromatic rings. The van der Waals surface area contributed by atoms with Crippen LogP contribution in [0.5, 0.6) is 5.75 Å². The average molecular weight is 418 g/mol. The first-order valence-electron chi connectivity index (χ1n) is 10.4. The predicted octanol–water partition coefficient (Wildman–Crippen LogP) is 6.47. The van der Waals surface area contributed by atoms with Gasteiger partial charge >= 0.3 is 0 Å². The van der Waals surface area contributed by atoms with Crippen molar-refractivity contribution in [2.45, 2.75) is 6.42 Å². The topological polar surface area (TPSA) is 54.4 Å². The molecule has 0 saturated carbocycles. The number of hydrogen-bond donors (Lipinski definition) is 1. The second-order valence-electron chi connectivity index (χ2n) is 7.48. The van der Waals surface area contributed by atoms with E-state index in [1.54, 1.807) is 36.4 Å². The Hall–Kier alpha value is -4.24. The van der Waals surface area contributed by atoms with Crippen LogP contribution < -0.4 is 0 Å². The number of phenolic OH excluding ortho intramolecular Hbond substituents is 1. The molecular formula is C29H22O3. The van der Waals surface area contributed by atoms with Gasteiger partial charge in [0.1, 0.15) is 5.75 Å². The minimum absolute atomic E-state index is 0.164. The number of benzene rings is 4. The summed E-state index contributed by atoms with van der Waals surface area (Å²) in [6.45, 7) is 0. The molecule has 0 aromatic heterocycles. The van der Waals surface area contributed by atoms with Gasteiger partial charge in [-0.25, -0.2) is 0 Å². The van der Waals surface area contributed by atoms with Crippen molar-refractivity contribution in [1.29, 1.82) is 0 Å². The third kappa shape index (κ3) is 5.08. The van der Waals surface area contributed by atoms with Crippen molar-refractivity contribution < 1.29 is 14.7 Å². The minimum Gasteiger partial charge on any atom is -0.508 e. The van der Waals surface area contributed by atoms with Gasteiger partial charge in [0.2, 0.25) is 0 Å². The van der Waals surface area contributed by atoms with E-state index in [0.717, 1.165) is 33.0 Å². The van der Waals surface area contributed by atoms with Crippen molar-refractivity contribution in [3.63, 3.8) is 0 Å². The van der Waals surface area contributed by atoms with Crippen LogP contribution in [0.25, 0.3) is 34.1 Å². The maximum Gasteiger partial charge on any atom is 0.163 e. The summed E-state index contributed by atoms with van der Waals surface area (Å²) < 4.78 is 0. The summed E-state index contributed by atoms with van der Waals surface area (Å²) in [7, 11) is 0. The summed E-state index contributed by atoms with van der Waals surface area (Å²) in [5, 5.41) is 11.6. The van der Waals surface area contributed by atoms with Crippen molar-refractivity contribution in [3.05, 3.63) is 114 Å². The normalized spacial score (nSPS) is 11.4. The lowest BCUT2D eigenvalue weighted by molar-refractivity contribution is -0.121. The number of allylic oxidation sites excluding steroid dienone is 2. The van der Waals surface area contributed by atoms with Gasteiger partial charge in [-0.1, -0.05) is 91.0 Å². The average Bonchev–Trinajstić information content (AvgIpc) is 2.82. The second-order valence-corrected chi connectivity index (χ2v) is 7.48. The molecular weight excluding hydrogens is 396 g/mol. The molecule has 0 radical (unpaired) electrons. The van der Waals surface area contributed by atoms with E-state index in [-0.39, 0.29) is 23.7 Å². The summed E-state index contributed by atoms with van der Waals surface area (Å²) in [5.41, 5.74) is 3.84. The SMILES string of the molecule is O=C(/C=C/c1ccc(O)cc1)CC(=O)/C=C/c1ccccc1-c1cccc2ccccc12. The van der Waals surface area contributed by atoms with Crippen LogP contribution in [-0.2, 0) is 9.59 Å². The van der Waals surface area contributed by atoms with E-state index in [9.17, 15) is 14.7 Å². The monoisotopic (exact) mass is 418 g/mol. The first-order valence-corrected chi connectivity index (χ1v) is 10.4. The molecule has 0 amide bonds. The molecule has 0 atom stereocenters. The third-order valence-electron chi connectivity index (χ3n) is 5.19. The van der Waals surface area contributed by atoms with Crippen molar-refractivity contribution in [2.75, 3.05) is 0 Å². The number of carbonyl (C=O) groups excluding carboxylic acids is 2. The Labute approximate surface area is 187 Å². The lowest BCUT2D eigenvalue weighted by Crippen LogP contribution is -2.02. The Bertz CT molecular complexity index is 1320. The van der Waals surface area contributed by atoms with E-state index in [1.165, 1.54) is 12.2 Å². The molecule has 1 N–H and O–H groups in total. The van der Waals surface area contributed by atoms with Crippen LogP contribution in [0.15, 0.2) is 103 Å². The Balaban J connectivity index is 1.50. The summed E-state index contributed by atoms with van der Waals surface area (Å²) in [6.07, 6.45) is 6.07. The molecule has 3 heteroatoms. The van der Waals surface area contributed by atoms with Gasteiger partial charge in [0.15, 0.2) is 11.6 Å². The van der Waals surface area contributed by atoms with E-state index in [0.29, 0.717) is 0 Å². The zero-order chi connectivity index (χ0) is 22.3. The molecule has 0 heterocycles. The zero-order valence-corrected chi connectivity index (χ0v) is 17.4. The first-order chi connectivity index (χ1) is 15.6. The quantitative estimate of drug-likeness (QED) is 0.276. The number of fused-ring (bicyclic) bond motifs is 1. The standard InChI is InChI=1S/C29H22O3/c30-24-16-12-21(13-17-24)14-18-25(31)20-26(32)19-15-23-7-2-4-10-28(23)29-11-5-8-22-6-1-3-9-27(22)29/h1-19,30H,20H2/b18-14+,19-15+. The Morgan fingerprint density at radius 1 is 0.656 bits per heavy atom. The van der Waals surface area contributed by atoms with E-state index in [2.05, 4.69) is 24.3 Å². The van der Waals surface area contributed by atoms with Crippen LogP contribution in [0, 0.1) is 0 Å². The van der Waals surface area contributed by atoms with Crippen LogP contribution in [-0.4, -0.2) is 16.7 Å². The number of rotatable bonds is 7. The smallest absolute Gasteiger partial charge is 0.163 e. The lowest BCUT2D eigenvalue weighted by atomic mass is 9.94. The molecule has 0 spiro atoms. The fraction of sp³-hybridized carbons (Fsp3) is 0.0345. The first kappa shape index (κ1) is 21.0. The van der Waals surface area contributed by atoms with Gasteiger partial charge in [0.25, 0.3) is 0 Å². The lowest BCUT2D eigenvalue weighted by Gasteiger charge is -2.10. The summed E-state index contributed by atoms with van der Waals surface area (Å²) in [6, 6.07) is 28.8. The zero-order valence-electron chi connectivity index (χ0n) is 17.4. The summed E-state index contributed by atoms with van der Waals surface area (Å²) in [4.78, 5) is 24.5. The van der Waals surface area contributed by atoms with E-state index in [1.807, 2.05) is 42.5 Å². The number of aromatic hydroxyl groups is 1. The van der Waals surface area contributed by atoms with Crippen LogP contribution in [0.4, 0.5) is 0 Å². The molecule has 156 valence electrons. The highest BCUT2D eigenvalue weighted by Gasteiger charge is 2.08. The molecule has 0 unspecified atom stereocenters. The van der Waals surface area contributed by atoms with Crippen molar-refractivity contribution >= 4 is 34.5 Å². The molecule has 0 fully saturated rings.